The zero-order chi connectivity index (χ0) is 11.8. The van der Waals surface area contributed by atoms with Crippen LogP contribution in [0.1, 0.15) is 26.2 Å². The maximum Gasteiger partial charge on any atom is 0.306 e. The third kappa shape index (κ3) is 6.03. The third-order valence-electron chi connectivity index (χ3n) is 2.23. The van der Waals surface area contributed by atoms with Crippen LogP contribution in [0.2, 0.25) is 0 Å². The monoisotopic (exact) mass is 220 g/mol. The topological polar surface area (TPSA) is 104 Å². The number of aliphatic carboxylic acids is 2. The second-order valence-electron chi connectivity index (χ2n) is 3.44. The number of hydrogen-bond acceptors (Lipinski definition) is 4. The minimum atomic E-state index is -1.03. The minimum Gasteiger partial charge on any atom is -0.481 e. The highest BCUT2D eigenvalue weighted by molar-refractivity contribution is 5.70. The van der Waals surface area contributed by atoms with Crippen molar-refractivity contribution in [2.75, 3.05) is 6.61 Å². The van der Waals surface area contributed by atoms with Crippen LogP contribution in [0.5, 0.6) is 0 Å². The SMILES string of the molecule is CCC(C[C@@H](COO)CC(=O)O)C(=O)O. The largest absolute Gasteiger partial charge is 0.481 e. The molecule has 0 aromatic rings. The van der Waals surface area contributed by atoms with E-state index in [2.05, 4.69) is 4.89 Å². The molecular weight excluding hydrogens is 204 g/mol. The first-order valence-corrected chi connectivity index (χ1v) is 4.72. The van der Waals surface area contributed by atoms with Gasteiger partial charge in [0, 0.05) is 0 Å². The summed E-state index contributed by atoms with van der Waals surface area (Å²) in [6, 6.07) is 0. The van der Waals surface area contributed by atoms with Crippen LogP contribution < -0.4 is 0 Å². The summed E-state index contributed by atoms with van der Waals surface area (Å²) < 4.78 is 0. The summed E-state index contributed by atoms with van der Waals surface area (Å²) in [7, 11) is 0. The summed E-state index contributed by atoms with van der Waals surface area (Å²) in [6.45, 7) is 1.56. The number of carboxylic acids is 2. The van der Waals surface area contributed by atoms with E-state index in [0.717, 1.165) is 0 Å². The van der Waals surface area contributed by atoms with Crippen molar-refractivity contribution in [2.45, 2.75) is 26.2 Å². The zero-order valence-electron chi connectivity index (χ0n) is 8.55. The molecule has 0 spiro atoms. The Labute approximate surface area is 87.4 Å². The smallest absolute Gasteiger partial charge is 0.306 e. The molecule has 1 unspecified atom stereocenters. The van der Waals surface area contributed by atoms with Crippen molar-refractivity contribution in [2.24, 2.45) is 11.8 Å². The Kier molecular flexibility index (Phi) is 6.64. The number of carboxylic acid groups (broad SMARTS) is 2. The van der Waals surface area contributed by atoms with Gasteiger partial charge in [-0.05, 0) is 18.8 Å². The van der Waals surface area contributed by atoms with E-state index in [4.69, 9.17) is 15.5 Å². The summed E-state index contributed by atoms with van der Waals surface area (Å²) in [5.41, 5.74) is 0. The molecule has 3 N–H and O–H groups in total. The maximum atomic E-state index is 10.7. The lowest BCUT2D eigenvalue weighted by Crippen LogP contribution is -2.22. The van der Waals surface area contributed by atoms with Crippen LogP contribution in [0.15, 0.2) is 0 Å². The first-order chi connectivity index (χ1) is 7.01. The lowest BCUT2D eigenvalue weighted by Gasteiger charge is -2.16. The number of carbonyl (C=O) groups is 2. The van der Waals surface area contributed by atoms with Gasteiger partial charge in [0.15, 0.2) is 0 Å². The molecule has 0 aromatic carbocycles. The highest BCUT2D eigenvalue weighted by atomic mass is 17.1. The van der Waals surface area contributed by atoms with Crippen molar-refractivity contribution in [3.8, 4) is 0 Å². The summed E-state index contributed by atoms with van der Waals surface area (Å²) in [5, 5.41) is 25.6. The summed E-state index contributed by atoms with van der Waals surface area (Å²) >= 11 is 0. The summed E-state index contributed by atoms with van der Waals surface area (Å²) in [6.07, 6.45) is 0.417. The van der Waals surface area contributed by atoms with E-state index < -0.39 is 23.8 Å². The summed E-state index contributed by atoms with van der Waals surface area (Å²) in [5.74, 6) is -3.05. The van der Waals surface area contributed by atoms with Gasteiger partial charge >= 0.3 is 11.9 Å². The van der Waals surface area contributed by atoms with E-state index in [-0.39, 0.29) is 19.4 Å². The second-order valence-corrected chi connectivity index (χ2v) is 3.44. The first-order valence-electron chi connectivity index (χ1n) is 4.72. The minimum absolute atomic E-state index is 0.157. The molecule has 0 aliphatic carbocycles. The van der Waals surface area contributed by atoms with Crippen LogP contribution in [-0.4, -0.2) is 34.0 Å². The third-order valence-corrected chi connectivity index (χ3v) is 2.23. The molecule has 0 aromatic heterocycles. The Bertz CT molecular complexity index is 215. The van der Waals surface area contributed by atoms with E-state index in [0.29, 0.717) is 6.42 Å². The van der Waals surface area contributed by atoms with Gasteiger partial charge in [-0.15, -0.1) is 0 Å². The molecule has 0 amide bonds. The van der Waals surface area contributed by atoms with E-state index in [1.54, 1.807) is 6.92 Å². The van der Waals surface area contributed by atoms with Crippen LogP contribution in [0.25, 0.3) is 0 Å². The molecule has 0 fully saturated rings. The Morgan fingerprint density at radius 2 is 1.93 bits per heavy atom. The van der Waals surface area contributed by atoms with E-state index in [1.165, 1.54) is 0 Å². The van der Waals surface area contributed by atoms with Crippen molar-refractivity contribution in [3.63, 3.8) is 0 Å². The van der Waals surface area contributed by atoms with Crippen LogP contribution in [-0.2, 0) is 14.5 Å². The Hall–Kier alpha value is -1.14. The molecule has 0 rings (SSSR count). The van der Waals surface area contributed by atoms with Gasteiger partial charge in [0.2, 0.25) is 0 Å². The van der Waals surface area contributed by atoms with Gasteiger partial charge in [-0.3, -0.25) is 14.8 Å². The van der Waals surface area contributed by atoms with Gasteiger partial charge in [-0.25, -0.2) is 4.89 Å². The highest BCUT2D eigenvalue weighted by Crippen LogP contribution is 2.19. The van der Waals surface area contributed by atoms with Crippen molar-refractivity contribution < 1.29 is 29.9 Å². The Balaban J connectivity index is 4.23. The second kappa shape index (κ2) is 7.19. The molecule has 0 saturated carbocycles. The number of rotatable bonds is 8. The van der Waals surface area contributed by atoms with E-state index in [1.807, 2.05) is 0 Å². The van der Waals surface area contributed by atoms with Crippen molar-refractivity contribution in [3.05, 3.63) is 0 Å². The standard InChI is InChI=1S/C9H16O6/c1-2-7(9(12)13)3-6(5-15-14)4-8(10)11/h6-7,14H,2-5H2,1H3,(H,10,11)(H,12,13)/t6-,7?/m1/s1. The van der Waals surface area contributed by atoms with Crippen LogP contribution in [0, 0.1) is 11.8 Å². The summed E-state index contributed by atoms with van der Waals surface area (Å²) in [4.78, 5) is 25.0. The predicted octanol–water partition coefficient (Wildman–Crippen LogP) is 1.07. The quantitative estimate of drug-likeness (QED) is 0.417. The molecule has 0 heterocycles. The fraction of sp³-hybridized carbons (Fsp3) is 0.778. The van der Waals surface area contributed by atoms with Crippen molar-refractivity contribution in [1.82, 2.24) is 0 Å². The molecule has 6 heteroatoms. The maximum absolute atomic E-state index is 10.7. The lowest BCUT2D eigenvalue weighted by molar-refractivity contribution is -0.252. The van der Waals surface area contributed by atoms with E-state index >= 15 is 0 Å². The molecule has 6 nitrogen and oxygen atoms in total. The van der Waals surface area contributed by atoms with Gasteiger partial charge in [0.05, 0.1) is 18.9 Å². The normalized spacial score (nSPS) is 14.5. The van der Waals surface area contributed by atoms with Crippen molar-refractivity contribution in [1.29, 1.82) is 0 Å². The molecule has 0 aliphatic rings. The Morgan fingerprint density at radius 1 is 1.33 bits per heavy atom. The fourth-order valence-corrected chi connectivity index (χ4v) is 1.41. The first kappa shape index (κ1) is 13.9. The van der Waals surface area contributed by atoms with Crippen LogP contribution >= 0.6 is 0 Å². The highest BCUT2D eigenvalue weighted by Gasteiger charge is 2.23. The average molecular weight is 220 g/mol. The predicted molar refractivity (Wildman–Crippen MR) is 50.4 cm³/mol. The molecule has 15 heavy (non-hydrogen) atoms. The van der Waals surface area contributed by atoms with E-state index in [9.17, 15) is 9.59 Å². The van der Waals surface area contributed by atoms with Crippen molar-refractivity contribution >= 4 is 11.9 Å². The Morgan fingerprint density at radius 3 is 2.27 bits per heavy atom. The average Bonchev–Trinajstić information content (AvgIpc) is 2.12. The molecule has 88 valence electrons. The van der Waals surface area contributed by atoms with Gasteiger partial charge in [-0.2, -0.15) is 0 Å². The van der Waals surface area contributed by atoms with Crippen LogP contribution in [0.3, 0.4) is 0 Å². The lowest BCUT2D eigenvalue weighted by atomic mass is 9.91. The molecule has 0 saturated heterocycles. The van der Waals surface area contributed by atoms with Gasteiger partial charge in [0.1, 0.15) is 0 Å². The van der Waals surface area contributed by atoms with Gasteiger partial charge in [-0.1, -0.05) is 6.92 Å². The zero-order valence-corrected chi connectivity index (χ0v) is 8.55. The molecular formula is C9H16O6. The van der Waals surface area contributed by atoms with Crippen LogP contribution in [0.4, 0.5) is 0 Å². The van der Waals surface area contributed by atoms with Gasteiger partial charge < -0.3 is 10.2 Å². The fourth-order valence-electron chi connectivity index (χ4n) is 1.41. The molecule has 2 atom stereocenters. The molecule has 0 bridgehead atoms. The van der Waals surface area contributed by atoms with Gasteiger partial charge in [0.25, 0.3) is 0 Å². The molecule has 0 aliphatic heterocycles. The molecule has 0 radical (unpaired) electrons. The number of hydrogen-bond donors (Lipinski definition) is 3.